The SMILES string of the molecule is O=[N+]([O-])c1ccccc1OCCC1CNC1. The van der Waals surface area contributed by atoms with Crippen molar-refractivity contribution in [3.05, 3.63) is 34.4 Å². The third-order valence-electron chi connectivity index (χ3n) is 2.71. The highest BCUT2D eigenvalue weighted by Crippen LogP contribution is 2.26. The summed E-state index contributed by atoms with van der Waals surface area (Å²) in [5.41, 5.74) is 0.0363. The van der Waals surface area contributed by atoms with Crippen molar-refractivity contribution < 1.29 is 9.66 Å². The van der Waals surface area contributed by atoms with Gasteiger partial charge in [0.05, 0.1) is 11.5 Å². The number of benzene rings is 1. The largest absolute Gasteiger partial charge is 0.487 e. The zero-order valence-electron chi connectivity index (χ0n) is 8.89. The molecule has 0 saturated carbocycles. The van der Waals surface area contributed by atoms with E-state index < -0.39 is 4.92 Å². The van der Waals surface area contributed by atoms with E-state index in [0.717, 1.165) is 19.5 Å². The van der Waals surface area contributed by atoms with Crippen LogP contribution in [0.3, 0.4) is 0 Å². The first kappa shape index (κ1) is 10.9. The van der Waals surface area contributed by atoms with Gasteiger partial charge in [0.1, 0.15) is 0 Å². The van der Waals surface area contributed by atoms with Crippen LogP contribution in [0.15, 0.2) is 24.3 Å². The van der Waals surface area contributed by atoms with Crippen molar-refractivity contribution in [2.75, 3.05) is 19.7 Å². The molecule has 0 atom stereocenters. The molecule has 1 aromatic rings. The van der Waals surface area contributed by atoms with Crippen LogP contribution in [-0.2, 0) is 0 Å². The maximum absolute atomic E-state index is 10.7. The Balaban J connectivity index is 1.89. The highest BCUT2D eigenvalue weighted by atomic mass is 16.6. The number of nitrogens with one attached hydrogen (secondary N) is 1. The molecule has 2 rings (SSSR count). The molecule has 1 fully saturated rings. The van der Waals surface area contributed by atoms with Crippen LogP contribution in [0.5, 0.6) is 5.75 Å². The van der Waals surface area contributed by atoms with Crippen molar-refractivity contribution in [2.24, 2.45) is 5.92 Å². The van der Waals surface area contributed by atoms with Gasteiger partial charge in [-0.15, -0.1) is 0 Å². The number of para-hydroxylation sites is 2. The van der Waals surface area contributed by atoms with E-state index in [2.05, 4.69) is 5.32 Å². The normalized spacial score (nSPS) is 15.5. The second-order valence-corrected chi connectivity index (χ2v) is 3.89. The molecule has 0 bridgehead atoms. The zero-order chi connectivity index (χ0) is 11.4. The fourth-order valence-corrected chi connectivity index (χ4v) is 1.62. The monoisotopic (exact) mass is 222 g/mol. The number of rotatable bonds is 5. The van der Waals surface area contributed by atoms with Crippen molar-refractivity contribution in [1.82, 2.24) is 5.32 Å². The fourth-order valence-electron chi connectivity index (χ4n) is 1.62. The number of hydrogen-bond donors (Lipinski definition) is 1. The summed E-state index contributed by atoms with van der Waals surface area (Å²) in [6, 6.07) is 6.48. The summed E-state index contributed by atoms with van der Waals surface area (Å²) < 4.78 is 5.44. The van der Waals surface area contributed by atoms with Gasteiger partial charge in [-0.3, -0.25) is 10.1 Å². The van der Waals surface area contributed by atoms with E-state index in [4.69, 9.17) is 4.74 Å². The molecular weight excluding hydrogens is 208 g/mol. The first-order valence-electron chi connectivity index (χ1n) is 5.34. The molecule has 0 aromatic heterocycles. The molecule has 1 N–H and O–H groups in total. The lowest BCUT2D eigenvalue weighted by Crippen LogP contribution is -2.42. The van der Waals surface area contributed by atoms with Gasteiger partial charge in [-0.2, -0.15) is 0 Å². The predicted octanol–water partition coefficient (Wildman–Crippen LogP) is 1.58. The van der Waals surface area contributed by atoms with Crippen molar-refractivity contribution in [3.8, 4) is 5.75 Å². The second kappa shape index (κ2) is 4.94. The Morgan fingerprint density at radius 3 is 2.81 bits per heavy atom. The number of hydrogen-bond acceptors (Lipinski definition) is 4. The molecule has 5 heteroatoms. The molecule has 1 heterocycles. The van der Waals surface area contributed by atoms with Crippen molar-refractivity contribution in [1.29, 1.82) is 0 Å². The van der Waals surface area contributed by atoms with Crippen LogP contribution in [-0.4, -0.2) is 24.6 Å². The minimum atomic E-state index is -0.416. The maximum Gasteiger partial charge on any atom is 0.310 e. The molecule has 1 aliphatic rings. The Hall–Kier alpha value is -1.62. The highest BCUT2D eigenvalue weighted by Gasteiger charge is 2.18. The average Bonchev–Trinajstić information content (AvgIpc) is 2.22. The first-order chi connectivity index (χ1) is 7.77. The third-order valence-corrected chi connectivity index (χ3v) is 2.71. The van der Waals surface area contributed by atoms with E-state index in [1.54, 1.807) is 18.2 Å². The van der Waals surface area contributed by atoms with Crippen LogP contribution >= 0.6 is 0 Å². The summed E-state index contributed by atoms with van der Waals surface area (Å²) in [7, 11) is 0. The molecule has 0 spiro atoms. The summed E-state index contributed by atoms with van der Waals surface area (Å²) in [5.74, 6) is 1.02. The average molecular weight is 222 g/mol. The summed E-state index contributed by atoms with van der Waals surface area (Å²) in [6.07, 6.45) is 0.944. The molecule has 1 aliphatic heterocycles. The zero-order valence-corrected chi connectivity index (χ0v) is 8.89. The lowest BCUT2D eigenvalue weighted by Gasteiger charge is -2.26. The van der Waals surface area contributed by atoms with Crippen LogP contribution in [0, 0.1) is 16.0 Å². The van der Waals surface area contributed by atoms with Crippen LogP contribution in [0.1, 0.15) is 6.42 Å². The summed E-state index contributed by atoms with van der Waals surface area (Å²) in [6.45, 7) is 2.59. The maximum atomic E-state index is 10.7. The summed E-state index contributed by atoms with van der Waals surface area (Å²) >= 11 is 0. The lowest BCUT2D eigenvalue weighted by molar-refractivity contribution is -0.385. The van der Waals surface area contributed by atoms with Crippen molar-refractivity contribution in [3.63, 3.8) is 0 Å². The van der Waals surface area contributed by atoms with Crippen molar-refractivity contribution in [2.45, 2.75) is 6.42 Å². The van der Waals surface area contributed by atoms with Gasteiger partial charge < -0.3 is 10.1 Å². The van der Waals surface area contributed by atoms with Crippen LogP contribution in [0.2, 0.25) is 0 Å². The van der Waals surface area contributed by atoms with Gasteiger partial charge >= 0.3 is 5.69 Å². The minimum absolute atomic E-state index is 0.0363. The van der Waals surface area contributed by atoms with Crippen molar-refractivity contribution >= 4 is 5.69 Å². The Kier molecular flexibility index (Phi) is 3.36. The van der Waals surface area contributed by atoms with Gasteiger partial charge in [0.25, 0.3) is 0 Å². The third kappa shape index (κ3) is 2.49. The molecule has 16 heavy (non-hydrogen) atoms. The van der Waals surface area contributed by atoms with Gasteiger partial charge in [-0.25, -0.2) is 0 Å². The van der Waals surface area contributed by atoms with Gasteiger partial charge in [0, 0.05) is 6.07 Å². The number of nitrogens with zero attached hydrogens (tertiary/aromatic N) is 1. The Morgan fingerprint density at radius 2 is 2.19 bits per heavy atom. The first-order valence-corrected chi connectivity index (χ1v) is 5.34. The smallest absolute Gasteiger partial charge is 0.310 e. The number of nitro benzene ring substituents is 1. The molecular formula is C11H14N2O3. The van der Waals surface area contributed by atoms with E-state index in [1.807, 2.05) is 0 Å². The molecule has 1 saturated heterocycles. The highest BCUT2D eigenvalue weighted by molar-refractivity contribution is 5.45. The van der Waals surface area contributed by atoms with E-state index in [0.29, 0.717) is 18.3 Å². The van der Waals surface area contributed by atoms with Gasteiger partial charge in [0.2, 0.25) is 0 Å². The number of nitro groups is 1. The fraction of sp³-hybridized carbons (Fsp3) is 0.455. The topological polar surface area (TPSA) is 64.4 Å². The molecule has 0 aliphatic carbocycles. The van der Waals surface area contributed by atoms with E-state index >= 15 is 0 Å². The number of ether oxygens (including phenoxy) is 1. The quantitative estimate of drug-likeness (QED) is 0.607. The predicted molar refractivity (Wildman–Crippen MR) is 59.6 cm³/mol. The van der Waals surface area contributed by atoms with E-state index in [9.17, 15) is 10.1 Å². The lowest BCUT2D eigenvalue weighted by atomic mass is 10.0. The molecule has 0 amide bonds. The molecule has 0 radical (unpaired) electrons. The Morgan fingerprint density at radius 1 is 1.44 bits per heavy atom. The van der Waals surface area contributed by atoms with E-state index in [1.165, 1.54) is 6.07 Å². The minimum Gasteiger partial charge on any atom is -0.487 e. The van der Waals surface area contributed by atoms with Gasteiger partial charge in [-0.05, 0) is 31.5 Å². The molecule has 5 nitrogen and oxygen atoms in total. The Bertz CT molecular complexity index is 377. The van der Waals surface area contributed by atoms with E-state index in [-0.39, 0.29) is 5.69 Å². The molecule has 0 unspecified atom stereocenters. The van der Waals surface area contributed by atoms with Crippen LogP contribution < -0.4 is 10.1 Å². The molecule has 1 aromatic carbocycles. The van der Waals surface area contributed by atoms with Gasteiger partial charge in [0.15, 0.2) is 5.75 Å². The van der Waals surface area contributed by atoms with Crippen LogP contribution in [0.25, 0.3) is 0 Å². The van der Waals surface area contributed by atoms with Crippen LogP contribution in [0.4, 0.5) is 5.69 Å². The summed E-state index contributed by atoms with van der Waals surface area (Å²) in [4.78, 5) is 10.3. The standard InChI is InChI=1S/C11H14N2O3/c14-13(15)10-3-1-2-4-11(10)16-6-5-9-7-12-8-9/h1-4,9,12H,5-8H2. The second-order valence-electron chi connectivity index (χ2n) is 3.89. The van der Waals surface area contributed by atoms with Gasteiger partial charge in [-0.1, -0.05) is 12.1 Å². The summed E-state index contributed by atoms with van der Waals surface area (Å²) in [5, 5.41) is 13.9. The Labute approximate surface area is 93.6 Å². The molecule has 86 valence electrons.